The average Bonchev–Trinajstić information content (AvgIpc) is 3.00. The van der Waals surface area contributed by atoms with Gasteiger partial charge in [0.15, 0.2) is 81.4 Å². The third-order valence-electron chi connectivity index (χ3n) is 6.36. The van der Waals surface area contributed by atoms with Crippen molar-refractivity contribution < 1.29 is 92.2 Å². The molecule has 0 aromatic heterocycles. The fourth-order valence-electron chi connectivity index (χ4n) is 4.22. The smallest absolute Gasteiger partial charge is 0.203 e. The standard InChI is InChI=1S/C26HF21/c27-9-2(4-6(12(30)18(36)17(35)10(4)28)8-15(33)21(39)24(42)22(40)16(8)34)1-3(25(43,44)26(45,46)47)5(11(9)29)7-13(31)19(37)23(41)20(38)14(7)32/h1H. The van der Waals surface area contributed by atoms with Crippen molar-refractivity contribution >= 4 is 0 Å². The molecule has 0 nitrogen and oxygen atoms in total. The van der Waals surface area contributed by atoms with Crippen LogP contribution in [0.5, 0.6) is 0 Å². The molecule has 0 aliphatic rings. The Morgan fingerprint density at radius 3 is 0.872 bits per heavy atom. The molecule has 0 aliphatic carbocycles. The molecule has 0 aliphatic heterocycles. The van der Waals surface area contributed by atoms with E-state index in [1.165, 1.54) is 0 Å². The van der Waals surface area contributed by atoms with Crippen LogP contribution in [-0.4, -0.2) is 6.18 Å². The van der Waals surface area contributed by atoms with Gasteiger partial charge in [0.25, 0.3) is 0 Å². The van der Waals surface area contributed by atoms with Crippen LogP contribution in [0.4, 0.5) is 92.2 Å². The second kappa shape index (κ2) is 11.3. The van der Waals surface area contributed by atoms with Crippen LogP contribution in [0.1, 0.15) is 5.56 Å². The van der Waals surface area contributed by atoms with Crippen LogP contribution in [0.2, 0.25) is 0 Å². The monoisotopic (exact) mass is 712 g/mol. The minimum absolute atomic E-state index is 1.33. The first-order chi connectivity index (χ1) is 21.4. The predicted molar refractivity (Wildman–Crippen MR) is 112 cm³/mol. The molecule has 0 saturated carbocycles. The number of hydrogen-bond donors (Lipinski definition) is 0. The molecule has 0 heterocycles. The van der Waals surface area contributed by atoms with Gasteiger partial charge in [0.2, 0.25) is 11.6 Å². The zero-order chi connectivity index (χ0) is 36.0. The summed E-state index contributed by atoms with van der Waals surface area (Å²) in [7, 11) is 0. The van der Waals surface area contributed by atoms with Crippen molar-refractivity contribution in [1.29, 1.82) is 0 Å². The van der Waals surface area contributed by atoms with Gasteiger partial charge in [-0.25, -0.2) is 70.2 Å². The Kier molecular flexibility index (Phi) is 8.47. The maximum absolute atomic E-state index is 15.4. The summed E-state index contributed by atoms with van der Waals surface area (Å²) in [6.07, 6.45) is -7.14. The quantitative estimate of drug-likeness (QED) is 0.112. The summed E-state index contributed by atoms with van der Waals surface area (Å²) in [5, 5.41) is 0. The molecule has 0 fully saturated rings. The number of alkyl halides is 5. The van der Waals surface area contributed by atoms with E-state index in [1.54, 1.807) is 0 Å². The van der Waals surface area contributed by atoms with Crippen molar-refractivity contribution in [3.63, 3.8) is 0 Å². The van der Waals surface area contributed by atoms with Gasteiger partial charge in [-0.1, -0.05) is 0 Å². The van der Waals surface area contributed by atoms with Crippen molar-refractivity contribution in [2.75, 3.05) is 0 Å². The van der Waals surface area contributed by atoms with E-state index in [4.69, 9.17) is 0 Å². The van der Waals surface area contributed by atoms with Crippen LogP contribution in [0.15, 0.2) is 6.07 Å². The van der Waals surface area contributed by atoms with E-state index in [0.717, 1.165) is 0 Å². The first-order valence-corrected chi connectivity index (χ1v) is 11.3. The third kappa shape index (κ3) is 4.91. The molecule has 0 spiro atoms. The molecule has 4 aromatic carbocycles. The van der Waals surface area contributed by atoms with Crippen molar-refractivity contribution in [2.24, 2.45) is 0 Å². The van der Waals surface area contributed by atoms with E-state index >= 15 is 13.2 Å². The van der Waals surface area contributed by atoms with Gasteiger partial charge in [0.05, 0.1) is 11.1 Å². The van der Waals surface area contributed by atoms with E-state index in [0.29, 0.717) is 0 Å². The summed E-state index contributed by atoms with van der Waals surface area (Å²) >= 11 is 0. The molecular formula is C26HF21. The highest BCUT2D eigenvalue weighted by molar-refractivity contribution is 5.87. The summed E-state index contributed by atoms with van der Waals surface area (Å²) in [6.45, 7) is 0. The second-order valence-corrected chi connectivity index (χ2v) is 8.94. The fourth-order valence-corrected chi connectivity index (χ4v) is 4.22. The van der Waals surface area contributed by atoms with Crippen molar-refractivity contribution in [1.82, 2.24) is 0 Å². The molecule has 252 valence electrons. The average molecular weight is 712 g/mol. The van der Waals surface area contributed by atoms with Gasteiger partial charge in [-0.3, -0.25) is 0 Å². The largest absolute Gasteiger partial charge is 0.458 e. The van der Waals surface area contributed by atoms with Crippen LogP contribution in [0, 0.1) is 93.1 Å². The van der Waals surface area contributed by atoms with E-state index < -0.39 is 150 Å². The lowest BCUT2D eigenvalue weighted by Crippen LogP contribution is -2.35. The van der Waals surface area contributed by atoms with Crippen molar-refractivity contribution in [3.05, 3.63) is 105 Å². The lowest BCUT2D eigenvalue weighted by molar-refractivity contribution is -0.289. The SMILES string of the molecule is Fc1c(-c2c(F)c(F)c(F)c(F)c2-c2c(F)c(F)c(F)c(F)c2F)cc(C(F)(F)C(F)(F)F)c(-c2c(F)c(F)c(F)c(F)c2F)c1F. The lowest BCUT2D eigenvalue weighted by Gasteiger charge is -2.25. The van der Waals surface area contributed by atoms with Crippen LogP contribution in [0.25, 0.3) is 33.4 Å². The maximum Gasteiger partial charge on any atom is 0.458 e. The zero-order valence-corrected chi connectivity index (χ0v) is 21.0. The summed E-state index contributed by atoms with van der Waals surface area (Å²) < 4.78 is 299. The molecule has 0 unspecified atom stereocenters. The molecule has 21 heteroatoms. The van der Waals surface area contributed by atoms with Crippen LogP contribution >= 0.6 is 0 Å². The predicted octanol–water partition coefficient (Wildman–Crippen LogP) is 10.6. The van der Waals surface area contributed by atoms with Crippen LogP contribution < -0.4 is 0 Å². The van der Waals surface area contributed by atoms with Crippen LogP contribution in [0.3, 0.4) is 0 Å². The highest BCUT2D eigenvalue weighted by Gasteiger charge is 2.61. The normalized spacial score (nSPS) is 12.4. The Labute approximate surface area is 243 Å². The van der Waals surface area contributed by atoms with Gasteiger partial charge in [-0.2, -0.15) is 22.0 Å². The topological polar surface area (TPSA) is 0 Å². The molecule has 0 atom stereocenters. The maximum atomic E-state index is 15.4. The summed E-state index contributed by atoms with van der Waals surface area (Å²) in [4.78, 5) is 0. The minimum Gasteiger partial charge on any atom is -0.203 e. The third-order valence-corrected chi connectivity index (χ3v) is 6.36. The highest BCUT2D eigenvalue weighted by Crippen LogP contribution is 2.52. The minimum atomic E-state index is -7.14. The van der Waals surface area contributed by atoms with E-state index in [9.17, 15) is 79.0 Å². The summed E-state index contributed by atoms with van der Waals surface area (Å²) in [6, 6.07) is -1.33. The molecule has 0 bridgehead atoms. The highest BCUT2D eigenvalue weighted by atomic mass is 19.4. The molecule has 47 heavy (non-hydrogen) atoms. The fraction of sp³-hybridized carbons (Fsp3) is 0.0769. The first kappa shape index (κ1) is 35.3. The number of hydrogen-bond acceptors (Lipinski definition) is 0. The van der Waals surface area contributed by atoms with Crippen LogP contribution in [-0.2, 0) is 5.92 Å². The van der Waals surface area contributed by atoms with E-state index in [2.05, 4.69) is 0 Å². The molecule has 0 N–H and O–H groups in total. The Morgan fingerprint density at radius 1 is 0.277 bits per heavy atom. The molecule has 4 aromatic rings. The van der Waals surface area contributed by atoms with Gasteiger partial charge in [0, 0.05) is 27.8 Å². The molecule has 0 saturated heterocycles. The van der Waals surface area contributed by atoms with Gasteiger partial charge >= 0.3 is 12.1 Å². The van der Waals surface area contributed by atoms with E-state index in [1.807, 2.05) is 0 Å². The van der Waals surface area contributed by atoms with Gasteiger partial charge in [-0.05, 0) is 6.07 Å². The van der Waals surface area contributed by atoms with Gasteiger partial charge in [0.1, 0.15) is 0 Å². The summed E-state index contributed by atoms with van der Waals surface area (Å²) in [5.74, 6) is -58.8. The van der Waals surface area contributed by atoms with Crippen molar-refractivity contribution in [2.45, 2.75) is 12.1 Å². The Morgan fingerprint density at radius 2 is 0.532 bits per heavy atom. The van der Waals surface area contributed by atoms with Gasteiger partial charge < -0.3 is 0 Å². The molecule has 0 amide bonds. The zero-order valence-electron chi connectivity index (χ0n) is 21.0. The Hall–Kier alpha value is -4.59. The number of halogens is 21. The first-order valence-electron chi connectivity index (χ1n) is 11.3. The number of rotatable bonds is 4. The Balaban J connectivity index is 2.36. The van der Waals surface area contributed by atoms with E-state index in [-0.39, 0.29) is 0 Å². The second-order valence-electron chi connectivity index (χ2n) is 8.94. The lowest BCUT2D eigenvalue weighted by atomic mass is 9.86. The van der Waals surface area contributed by atoms with Crippen molar-refractivity contribution in [3.8, 4) is 33.4 Å². The Bertz CT molecular complexity index is 1950. The molecular weight excluding hydrogens is 711 g/mol. The van der Waals surface area contributed by atoms with Gasteiger partial charge in [-0.15, -0.1) is 0 Å². The molecule has 0 radical (unpaired) electrons. The molecule has 4 rings (SSSR count). The number of benzene rings is 4. The summed E-state index contributed by atoms with van der Waals surface area (Å²) in [5.41, 5.74) is -21.1.